The number of nitrogens with zero attached hydrogens (tertiary/aromatic N) is 1. The van der Waals surface area contributed by atoms with E-state index in [1.54, 1.807) is 0 Å². The molecule has 0 aliphatic carbocycles. The highest BCUT2D eigenvalue weighted by molar-refractivity contribution is 5.99. The third kappa shape index (κ3) is 2.95. The van der Waals surface area contributed by atoms with Crippen LogP contribution in [0.2, 0.25) is 0 Å². The van der Waals surface area contributed by atoms with Crippen LogP contribution in [-0.4, -0.2) is 25.6 Å². The maximum atomic E-state index is 2.33. The highest BCUT2D eigenvalue weighted by Crippen LogP contribution is 2.26. The van der Waals surface area contributed by atoms with Gasteiger partial charge in [0, 0.05) is 5.56 Å². The summed E-state index contributed by atoms with van der Waals surface area (Å²) in [6, 6.07) is 19.8. The SMILES string of the molecule is C[N+](C)(C)Cc1cccc2cc3ccccc3cc12.[Cl-]. The van der Waals surface area contributed by atoms with Crippen molar-refractivity contribution >= 4 is 21.5 Å². The van der Waals surface area contributed by atoms with E-state index in [1.807, 2.05) is 0 Å². The minimum absolute atomic E-state index is 0. The van der Waals surface area contributed by atoms with Crippen molar-refractivity contribution in [2.45, 2.75) is 6.54 Å². The van der Waals surface area contributed by atoms with Crippen LogP contribution in [-0.2, 0) is 6.54 Å². The van der Waals surface area contributed by atoms with Crippen LogP contribution < -0.4 is 12.4 Å². The molecule has 0 saturated heterocycles. The van der Waals surface area contributed by atoms with Crippen molar-refractivity contribution < 1.29 is 16.9 Å². The zero-order valence-corrected chi connectivity index (χ0v) is 13.0. The summed E-state index contributed by atoms with van der Waals surface area (Å²) in [6.45, 7) is 1.05. The van der Waals surface area contributed by atoms with Crippen molar-refractivity contribution in [3.63, 3.8) is 0 Å². The van der Waals surface area contributed by atoms with Crippen LogP contribution in [0.1, 0.15) is 5.56 Å². The van der Waals surface area contributed by atoms with E-state index in [0.717, 1.165) is 11.0 Å². The number of benzene rings is 3. The van der Waals surface area contributed by atoms with Gasteiger partial charge in [-0.25, -0.2) is 0 Å². The van der Waals surface area contributed by atoms with Crippen molar-refractivity contribution in [2.75, 3.05) is 21.1 Å². The molecule has 0 atom stereocenters. The maximum Gasteiger partial charge on any atom is 0.104 e. The number of quaternary nitrogens is 1. The van der Waals surface area contributed by atoms with E-state index in [-0.39, 0.29) is 12.4 Å². The molecular weight excluding hydrogens is 266 g/mol. The minimum Gasteiger partial charge on any atom is -1.00 e. The molecule has 0 radical (unpaired) electrons. The van der Waals surface area contributed by atoms with Crippen LogP contribution in [0.15, 0.2) is 54.6 Å². The number of rotatable bonds is 2. The first-order valence-corrected chi connectivity index (χ1v) is 6.74. The Morgan fingerprint density at radius 2 is 1.35 bits per heavy atom. The zero-order chi connectivity index (χ0) is 13.5. The monoisotopic (exact) mass is 285 g/mol. The lowest BCUT2D eigenvalue weighted by atomic mass is 9.99. The Morgan fingerprint density at radius 1 is 0.750 bits per heavy atom. The van der Waals surface area contributed by atoms with Gasteiger partial charge < -0.3 is 16.9 Å². The first kappa shape index (κ1) is 14.8. The molecule has 0 unspecified atom stereocenters. The van der Waals surface area contributed by atoms with E-state index >= 15 is 0 Å². The molecule has 3 aromatic rings. The molecule has 0 aliphatic rings. The lowest BCUT2D eigenvalue weighted by Gasteiger charge is -2.24. The minimum atomic E-state index is 0. The predicted octanol–water partition coefficient (Wildman–Crippen LogP) is 1.20. The molecule has 0 fully saturated rings. The third-order valence-electron chi connectivity index (χ3n) is 3.48. The third-order valence-corrected chi connectivity index (χ3v) is 3.48. The number of hydrogen-bond acceptors (Lipinski definition) is 0. The molecule has 2 heteroatoms. The molecule has 0 amide bonds. The summed E-state index contributed by atoms with van der Waals surface area (Å²) in [4.78, 5) is 0. The molecule has 0 bridgehead atoms. The van der Waals surface area contributed by atoms with E-state index in [1.165, 1.54) is 27.1 Å². The van der Waals surface area contributed by atoms with Crippen molar-refractivity contribution in [3.8, 4) is 0 Å². The first-order valence-electron chi connectivity index (χ1n) is 6.74. The molecule has 0 heterocycles. The second kappa shape index (κ2) is 5.43. The molecule has 0 aromatic heterocycles. The van der Waals surface area contributed by atoms with Gasteiger partial charge in [-0.3, -0.25) is 0 Å². The molecular formula is C18H20ClN. The molecule has 3 rings (SSSR count). The van der Waals surface area contributed by atoms with Gasteiger partial charge in [0.15, 0.2) is 0 Å². The van der Waals surface area contributed by atoms with Crippen molar-refractivity contribution in [3.05, 3.63) is 60.2 Å². The Kier molecular flexibility index (Phi) is 4.03. The number of fused-ring (bicyclic) bond motifs is 2. The van der Waals surface area contributed by atoms with Gasteiger partial charge in [-0.2, -0.15) is 0 Å². The Bertz CT molecular complexity index is 741. The van der Waals surface area contributed by atoms with E-state index < -0.39 is 0 Å². The van der Waals surface area contributed by atoms with Gasteiger partial charge >= 0.3 is 0 Å². The molecule has 104 valence electrons. The molecule has 0 saturated carbocycles. The molecule has 1 nitrogen and oxygen atoms in total. The second-order valence-electron chi connectivity index (χ2n) is 6.29. The predicted molar refractivity (Wildman–Crippen MR) is 83.2 cm³/mol. The standard InChI is InChI=1S/C18H20N.ClH/c1-19(2,3)13-17-10-6-9-16-11-14-7-4-5-8-15(14)12-18(16)17;/h4-12H,13H2,1-3H3;1H/q+1;/p-1. The molecule has 0 aliphatic heterocycles. The van der Waals surface area contributed by atoms with Gasteiger partial charge in [0.25, 0.3) is 0 Å². The number of hydrogen-bond donors (Lipinski definition) is 0. The van der Waals surface area contributed by atoms with Crippen LogP contribution in [0.4, 0.5) is 0 Å². The summed E-state index contributed by atoms with van der Waals surface area (Å²) in [5.41, 5.74) is 1.43. The normalized spacial score (nSPS) is 11.6. The lowest BCUT2D eigenvalue weighted by Crippen LogP contribution is -3.00. The van der Waals surface area contributed by atoms with Crippen molar-refractivity contribution in [1.29, 1.82) is 0 Å². The summed E-state index contributed by atoms with van der Waals surface area (Å²) >= 11 is 0. The van der Waals surface area contributed by atoms with Crippen LogP contribution in [0.5, 0.6) is 0 Å². The fourth-order valence-electron chi connectivity index (χ4n) is 2.68. The Labute approximate surface area is 126 Å². The van der Waals surface area contributed by atoms with E-state index in [9.17, 15) is 0 Å². The molecule has 0 spiro atoms. The second-order valence-corrected chi connectivity index (χ2v) is 6.29. The van der Waals surface area contributed by atoms with Gasteiger partial charge in [-0.05, 0) is 33.7 Å². The van der Waals surface area contributed by atoms with Gasteiger partial charge in [0.1, 0.15) is 6.54 Å². The highest BCUT2D eigenvalue weighted by Gasteiger charge is 2.11. The first-order chi connectivity index (χ1) is 9.03. The average Bonchev–Trinajstić information content (AvgIpc) is 2.35. The Balaban J connectivity index is 0.00000147. The topological polar surface area (TPSA) is 0 Å². The fourth-order valence-corrected chi connectivity index (χ4v) is 2.68. The molecule has 3 aromatic carbocycles. The maximum absolute atomic E-state index is 2.33. The summed E-state index contributed by atoms with van der Waals surface area (Å²) in [6.07, 6.45) is 0. The number of halogens is 1. The summed E-state index contributed by atoms with van der Waals surface area (Å²) in [7, 11) is 6.71. The smallest absolute Gasteiger partial charge is 0.104 e. The van der Waals surface area contributed by atoms with Crippen molar-refractivity contribution in [2.24, 2.45) is 0 Å². The van der Waals surface area contributed by atoms with Crippen molar-refractivity contribution in [1.82, 2.24) is 0 Å². The van der Waals surface area contributed by atoms with Crippen LogP contribution >= 0.6 is 0 Å². The van der Waals surface area contributed by atoms with Gasteiger partial charge in [0.2, 0.25) is 0 Å². The zero-order valence-electron chi connectivity index (χ0n) is 12.2. The fraction of sp³-hybridized carbons (Fsp3) is 0.222. The average molecular weight is 286 g/mol. The lowest BCUT2D eigenvalue weighted by molar-refractivity contribution is -0.883. The summed E-state index contributed by atoms with van der Waals surface area (Å²) < 4.78 is 0.950. The van der Waals surface area contributed by atoms with Crippen LogP contribution in [0, 0.1) is 0 Å². The van der Waals surface area contributed by atoms with E-state index in [2.05, 4.69) is 75.7 Å². The molecule has 20 heavy (non-hydrogen) atoms. The highest BCUT2D eigenvalue weighted by atomic mass is 35.5. The summed E-state index contributed by atoms with van der Waals surface area (Å²) in [5.74, 6) is 0. The molecule has 0 N–H and O–H groups in total. The Morgan fingerprint density at radius 3 is 2.00 bits per heavy atom. The van der Waals surface area contributed by atoms with Crippen LogP contribution in [0.3, 0.4) is 0 Å². The van der Waals surface area contributed by atoms with Gasteiger partial charge in [-0.15, -0.1) is 0 Å². The summed E-state index contributed by atoms with van der Waals surface area (Å²) in [5, 5.41) is 5.36. The Hall–Kier alpha value is -1.57. The van der Waals surface area contributed by atoms with Gasteiger partial charge in [-0.1, -0.05) is 42.5 Å². The largest absolute Gasteiger partial charge is 1.00 e. The van der Waals surface area contributed by atoms with Gasteiger partial charge in [0.05, 0.1) is 21.1 Å². The van der Waals surface area contributed by atoms with Crippen LogP contribution in [0.25, 0.3) is 21.5 Å². The van der Waals surface area contributed by atoms with E-state index in [0.29, 0.717) is 0 Å². The quantitative estimate of drug-likeness (QED) is 0.490. The van der Waals surface area contributed by atoms with E-state index in [4.69, 9.17) is 0 Å².